The van der Waals surface area contributed by atoms with E-state index in [0.717, 1.165) is 29.8 Å². The molecule has 0 aliphatic carbocycles. The van der Waals surface area contributed by atoms with Crippen LogP contribution in [-0.2, 0) is 22.4 Å². The largest absolute Gasteiger partial charge is 0.462 e. The number of rotatable bonds is 7. The number of aryl methyl sites for hydroxylation is 2. The average molecular weight is 384 g/mol. The molecule has 0 bridgehead atoms. The number of esters is 1. The molecule has 6 nitrogen and oxygen atoms in total. The van der Waals surface area contributed by atoms with Crippen LogP contribution in [0.3, 0.4) is 0 Å². The highest BCUT2D eigenvalue weighted by molar-refractivity contribution is 5.89. The summed E-state index contributed by atoms with van der Waals surface area (Å²) in [5.41, 5.74) is 2.80. The number of nitrogens with zero attached hydrogens (tertiary/aromatic N) is 1. The van der Waals surface area contributed by atoms with Crippen molar-refractivity contribution < 1.29 is 19.1 Å². The fourth-order valence-corrected chi connectivity index (χ4v) is 2.49. The zero-order chi connectivity index (χ0) is 20.6. The molecule has 0 atom stereocenters. The Morgan fingerprint density at radius 2 is 1.79 bits per heavy atom. The van der Waals surface area contributed by atoms with Crippen LogP contribution in [0.5, 0.6) is 0 Å². The number of pyridine rings is 1. The Labute approximate surface area is 166 Å². The Bertz CT molecular complexity index is 795. The summed E-state index contributed by atoms with van der Waals surface area (Å²) in [6, 6.07) is 12.8. The summed E-state index contributed by atoms with van der Waals surface area (Å²) >= 11 is 0. The summed E-state index contributed by atoms with van der Waals surface area (Å²) in [5, 5.41) is 2.68. The average Bonchev–Trinajstić information content (AvgIpc) is 2.62. The molecule has 2 rings (SSSR count). The molecule has 0 aliphatic heterocycles. The smallest absolute Gasteiger partial charge is 0.407 e. The second kappa shape index (κ2) is 9.88. The van der Waals surface area contributed by atoms with Crippen molar-refractivity contribution in [3.8, 4) is 0 Å². The third-order valence-corrected chi connectivity index (χ3v) is 3.78. The third-order valence-electron chi connectivity index (χ3n) is 3.78. The van der Waals surface area contributed by atoms with E-state index >= 15 is 0 Å². The van der Waals surface area contributed by atoms with Crippen LogP contribution in [0.15, 0.2) is 42.5 Å². The summed E-state index contributed by atoms with van der Waals surface area (Å²) in [4.78, 5) is 28.2. The number of nitrogens with one attached hydrogen (secondary N) is 1. The summed E-state index contributed by atoms with van der Waals surface area (Å²) < 4.78 is 10.5. The maximum atomic E-state index is 12.1. The van der Waals surface area contributed by atoms with Crippen molar-refractivity contribution in [2.24, 2.45) is 0 Å². The third kappa shape index (κ3) is 7.78. The van der Waals surface area contributed by atoms with E-state index in [1.54, 1.807) is 24.3 Å². The molecule has 1 amide bonds. The SMILES string of the molecule is Cc1cccc(CCCOC(=O)c2ccc(CNC(=O)OC(C)(C)C)cc2)n1. The van der Waals surface area contributed by atoms with Gasteiger partial charge < -0.3 is 14.8 Å². The summed E-state index contributed by atoms with van der Waals surface area (Å²) in [5.74, 6) is -0.358. The Morgan fingerprint density at radius 1 is 1.07 bits per heavy atom. The number of ether oxygens (including phenoxy) is 2. The fourth-order valence-electron chi connectivity index (χ4n) is 2.49. The molecule has 0 saturated heterocycles. The van der Waals surface area contributed by atoms with Crippen LogP contribution in [0.1, 0.15) is 54.5 Å². The first-order valence-corrected chi connectivity index (χ1v) is 9.38. The molecule has 150 valence electrons. The van der Waals surface area contributed by atoms with E-state index in [2.05, 4.69) is 10.3 Å². The number of carbonyl (C=O) groups excluding carboxylic acids is 2. The Kier molecular flexibility index (Phi) is 7.55. The molecule has 0 saturated carbocycles. The van der Waals surface area contributed by atoms with Gasteiger partial charge in [0.2, 0.25) is 0 Å². The van der Waals surface area contributed by atoms with Crippen molar-refractivity contribution in [3.05, 3.63) is 65.0 Å². The van der Waals surface area contributed by atoms with Crippen molar-refractivity contribution in [2.45, 2.75) is 52.7 Å². The number of hydrogen-bond acceptors (Lipinski definition) is 5. The standard InChI is InChI=1S/C22H28N2O4/c1-16-7-5-8-19(24-16)9-6-14-27-20(25)18-12-10-17(11-13-18)15-23-21(26)28-22(2,3)4/h5,7-8,10-13H,6,9,14-15H2,1-4H3,(H,23,26). The quantitative estimate of drug-likeness (QED) is 0.572. The zero-order valence-electron chi connectivity index (χ0n) is 17.0. The Balaban J connectivity index is 1.73. The summed E-state index contributed by atoms with van der Waals surface area (Å²) in [6.45, 7) is 8.06. The van der Waals surface area contributed by atoms with Gasteiger partial charge in [0.1, 0.15) is 5.60 Å². The molecule has 2 aromatic rings. The van der Waals surface area contributed by atoms with Gasteiger partial charge >= 0.3 is 12.1 Å². The van der Waals surface area contributed by atoms with Crippen LogP contribution in [0.25, 0.3) is 0 Å². The van der Waals surface area contributed by atoms with Crippen molar-refractivity contribution in [1.29, 1.82) is 0 Å². The lowest BCUT2D eigenvalue weighted by molar-refractivity contribution is 0.0495. The summed E-state index contributed by atoms with van der Waals surface area (Å²) in [7, 11) is 0. The predicted octanol–water partition coefficient (Wildman–Crippen LogP) is 4.20. The number of hydrogen-bond donors (Lipinski definition) is 1. The first-order valence-electron chi connectivity index (χ1n) is 9.38. The van der Waals surface area contributed by atoms with Gasteiger partial charge in [-0.2, -0.15) is 0 Å². The number of benzene rings is 1. The van der Waals surface area contributed by atoms with Gasteiger partial charge in [0.05, 0.1) is 12.2 Å². The van der Waals surface area contributed by atoms with Gasteiger partial charge in [-0.25, -0.2) is 9.59 Å². The van der Waals surface area contributed by atoms with Gasteiger partial charge in [-0.15, -0.1) is 0 Å². The number of aromatic nitrogens is 1. The van der Waals surface area contributed by atoms with E-state index in [0.29, 0.717) is 18.7 Å². The van der Waals surface area contributed by atoms with Crippen LogP contribution >= 0.6 is 0 Å². The van der Waals surface area contributed by atoms with Crippen molar-refractivity contribution in [3.63, 3.8) is 0 Å². The molecular formula is C22H28N2O4. The van der Waals surface area contributed by atoms with Crippen molar-refractivity contribution in [2.75, 3.05) is 6.61 Å². The normalized spacial score (nSPS) is 11.0. The van der Waals surface area contributed by atoms with E-state index in [4.69, 9.17) is 9.47 Å². The fraction of sp³-hybridized carbons (Fsp3) is 0.409. The van der Waals surface area contributed by atoms with E-state index in [1.165, 1.54) is 0 Å². The van der Waals surface area contributed by atoms with Crippen LogP contribution in [0, 0.1) is 6.92 Å². The monoisotopic (exact) mass is 384 g/mol. The van der Waals surface area contributed by atoms with Crippen molar-refractivity contribution >= 4 is 12.1 Å². The molecule has 0 aliphatic rings. The van der Waals surface area contributed by atoms with Gasteiger partial charge in [0, 0.05) is 17.9 Å². The molecule has 0 radical (unpaired) electrons. The van der Waals surface area contributed by atoms with Gasteiger partial charge in [0.15, 0.2) is 0 Å². The van der Waals surface area contributed by atoms with E-state index in [1.807, 2.05) is 45.9 Å². The molecule has 6 heteroatoms. The molecular weight excluding hydrogens is 356 g/mol. The van der Waals surface area contributed by atoms with Gasteiger partial charge in [-0.3, -0.25) is 4.98 Å². The predicted molar refractivity (Wildman–Crippen MR) is 107 cm³/mol. The topological polar surface area (TPSA) is 77.5 Å². The number of carbonyl (C=O) groups is 2. The van der Waals surface area contributed by atoms with Crippen LogP contribution in [0.4, 0.5) is 4.79 Å². The van der Waals surface area contributed by atoms with Crippen LogP contribution in [0.2, 0.25) is 0 Å². The maximum absolute atomic E-state index is 12.1. The van der Waals surface area contributed by atoms with Gasteiger partial charge in [-0.1, -0.05) is 18.2 Å². The lowest BCUT2D eigenvalue weighted by atomic mass is 10.1. The zero-order valence-corrected chi connectivity index (χ0v) is 17.0. The second-order valence-corrected chi connectivity index (χ2v) is 7.56. The van der Waals surface area contributed by atoms with Gasteiger partial charge in [-0.05, 0) is 70.4 Å². The van der Waals surface area contributed by atoms with E-state index in [9.17, 15) is 9.59 Å². The minimum atomic E-state index is -0.535. The first-order chi connectivity index (χ1) is 13.2. The Hall–Kier alpha value is -2.89. The lowest BCUT2D eigenvalue weighted by Crippen LogP contribution is -2.32. The number of amides is 1. The minimum Gasteiger partial charge on any atom is -0.462 e. The Morgan fingerprint density at radius 3 is 2.43 bits per heavy atom. The highest BCUT2D eigenvalue weighted by Crippen LogP contribution is 2.09. The lowest BCUT2D eigenvalue weighted by Gasteiger charge is -2.19. The highest BCUT2D eigenvalue weighted by Gasteiger charge is 2.15. The molecule has 0 unspecified atom stereocenters. The molecule has 1 heterocycles. The molecule has 1 N–H and O–H groups in total. The van der Waals surface area contributed by atoms with E-state index in [-0.39, 0.29) is 5.97 Å². The second-order valence-electron chi connectivity index (χ2n) is 7.56. The molecule has 0 spiro atoms. The maximum Gasteiger partial charge on any atom is 0.407 e. The first kappa shape index (κ1) is 21.4. The van der Waals surface area contributed by atoms with Gasteiger partial charge in [0.25, 0.3) is 0 Å². The minimum absolute atomic E-state index is 0.327. The molecule has 1 aromatic carbocycles. The number of alkyl carbamates (subject to hydrolysis) is 1. The van der Waals surface area contributed by atoms with Crippen molar-refractivity contribution in [1.82, 2.24) is 10.3 Å². The molecule has 1 aromatic heterocycles. The van der Waals surface area contributed by atoms with E-state index < -0.39 is 11.7 Å². The highest BCUT2D eigenvalue weighted by atomic mass is 16.6. The summed E-state index contributed by atoms with van der Waals surface area (Å²) in [6.07, 6.45) is 1.02. The van der Waals surface area contributed by atoms with Crippen LogP contribution < -0.4 is 5.32 Å². The molecule has 0 fully saturated rings. The molecule has 28 heavy (non-hydrogen) atoms. The van der Waals surface area contributed by atoms with Crippen LogP contribution in [-0.4, -0.2) is 29.3 Å².